The highest BCUT2D eigenvalue weighted by Gasteiger charge is 2.17. The third-order valence-corrected chi connectivity index (χ3v) is 1.14. The zero-order valence-electron chi connectivity index (χ0n) is 3.94. The molecule has 0 bridgehead atoms. The lowest BCUT2D eigenvalue weighted by Gasteiger charge is -2.10. The summed E-state index contributed by atoms with van der Waals surface area (Å²) in [6.07, 6.45) is 4.63. The number of alkyl halides is 2. The molecule has 0 radical (unpaired) electrons. The van der Waals surface area contributed by atoms with Gasteiger partial charge in [0.25, 0.3) is 0 Å². The van der Waals surface area contributed by atoms with Crippen LogP contribution < -0.4 is 5.32 Å². The van der Waals surface area contributed by atoms with Gasteiger partial charge < -0.3 is 5.32 Å². The van der Waals surface area contributed by atoms with Crippen molar-refractivity contribution in [3.8, 4) is 0 Å². The van der Waals surface area contributed by atoms with E-state index in [9.17, 15) is 0 Å². The maximum Gasteiger partial charge on any atom is 0.229 e. The Hall–Kier alpha value is -0.210. The average molecular weight is 151 g/mol. The topological polar surface area (TPSA) is 24.4 Å². The molecule has 0 aliphatic carbocycles. The molecule has 0 fully saturated rings. The first-order valence-corrected chi connectivity index (χ1v) is 2.82. The summed E-state index contributed by atoms with van der Waals surface area (Å²) in [6, 6.07) is 0. The minimum atomic E-state index is -1.05. The fraction of sp³-hybridized carbons (Fsp3) is 0.250. The van der Waals surface area contributed by atoms with Gasteiger partial charge in [0.05, 0.1) is 6.34 Å². The third kappa shape index (κ3) is 1.39. The molecular formula is C4H4Cl2N2. The van der Waals surface area contributed by atoms with Gasteiger partial charge in [-0.1, -0.05) is 23.2 Å². The van der Waals surface area contributed by atoms with Crippen LogP contribution in [0.5, 0.6) is 0 Å². The van der Waals surface area contributed by atoms with Crippen molar-refractivity contribution in [2.45, 2.75) is 4.46 Å². The number of rotatable bonds is 0. The van der Waals surface area contributed by atoms with Crippen LogP contribution in [-0.4, -0.2) is 10.8 Å². The number of aliphatic imine (C=N–C) groups is 1. The summed E-state index contributed by atoms with van der Waals surface area (Å²) in [5.74, 6) is 0. The summed E-state index contributed by atoms with van der Waals surface area (Å²) in [5.41, 5.74) is 0. The number of nitrogens with zero attached hydrogens (tertiary/aromatic N) is 1. The number of hydrogen-bond donors (Lipinski definition) is 1. The van der Waals surface area contributed by atoms with E-state index in [1.165, 1.54) is 6.34 Å². The Bertz CT molecular complexity index is 125. The molecule has 0 unspecified atom stereocenters. The first kappa shape index (κ1) is 5.92. The fourth-order valence-electron chi connectivity index (χ4n) is 0.358. The molecule has 0 aromatic heterocycles. The molecule has 2 nitrogen and oxygen atoms in total. The summed E-state index contributed by atoms with van der Waals surface area (Å²) < 4.78 is -1.05. The normalized spacial score (nSPS) is 22.8. The molecule has 0 aromatic carbocycles. The van der Waals surface area contributed by atoms with E-state index in [-0.39, 0.29) is 0 Å². The van der Waals surface area contributed by atoms with Crippen molar-refractivity contribution >= 4 is 29.5 Å². The van der Waals surface area contributed by atoms with E-state index in [2.05, 4.69) is 10.3 Å². The smallest absolute Gasteiger partial charge is 0.229 e. The van der Waals surface area contributed by atoms with Gasteiger partial charge in [-0.15, -0.1) is 0 Å². The fourth-order valence-corrected chi connectivity index (χ4v) is 0.581. The van der Waals surface area contributed by atoms with E-state index in [1.54, 1.807) is 12.3 Å². The van der Waals surface area contributed by atoms with Crippen molar-refractivity contribution < 1.29 is 0 Å². The van der Waals surface area contributed by atoms with Gasteiger partial charge in [-0.05, 0) is 6.08 Å². The van der Waals surface area contributed by atoms with Gasteiger partial charge in [0.2, 0.25) is 4.46 Å². The molecule has 0 atom stereocenters. The minimum absolute atomic E-state index is 1.05. The lowest BCUT2D eigenvalue weighted by Crippen LogP contribution is -2.16. The quantitative estimate of drug-likeness (QED) is 0.409. The maximum absolute atomic E-state index is 5.51. The van der Waals surface area contributed by atoms with Gasteiger partial charge in [0.15, 0.2) is 0 Å². The third-order valence-electron chi connectivity index (χ3n) is 0.691. The first-order valence-electron chi connectivity index (χ1n) is 2.06. The Labute approximate surface area is 57.2 Å². The van der Waals surface area contributed by atoms with Gasteiger partial charge in [0.1, 0.15) is 0 Å². The lowest BCUT2D eigenvalue weighted by molar-refractivity contribution is 0.992. The lowest BCUT2D eigenvalue weighted by atomic mass is 10.5. The molecule has 1 aliphatic rings. The van der Waals surface area contributed by atoms with Crippen LogP contribution in [0.1, 0.15) is 0 Å². The molecule has 0 spiro atoms. The summed E-state index contributed by atoms with van der Waals surface area (Å²) in [6.45, 7) is 0. The zero-order chi connectivity index (χ0) is 6.04. The number of halogens is 2. The summed E-state index contributed by atoms with van der Waals surface area (Å²) in [5, 5.41) is 2.70. The van der Waals surface area contributed by atoms with Crippen molar-refractivity contribution in [1.82, 2.24) is 5.32 Å². The van der Waals surface area contributed by atoms with E-state index in [4.69, 9.17) is 23.2 Å². The van der Waals surface area contributed by atoms with Crippen LogP contribution in [0.3, 0.4) is 0 Å². The average Bonchev–Trinajstić information content (AvgIpc) is 1.65. The maximum atomic E-state index is 5.51. The van der Waals surface area contributed by atoms with E-state index in [1.807, 2.05) is 0 Å². The Kier molecular flexibility index (Phi) is 1.45. The van der Waals surface area contributed by atoms with E-state index >= 15 is 0 Å². The highest BCUT2D eigenvalue weighted by molar-refractivity contribution is 6.50. The van der Waals surface area contributed by atoms with Gasteiger partial charge in [-0.2, -0.15) is 0 Å². The molecule has 0 amide bonds. The molecule has 1 aliphatic heterocycles. The minimum Gasteiger partial charge on any atom is -0.353 e. The van der Waals surface area contributed by atoms with Crippen LogP contribution in [0.2, 0.25) is 0 Å². The van der Waals surface area contributed by atoms with Gasteiger partial charge in [-0.25, -0.2) is 4.99 Å². The van der Waals surface area contributed by atoms with Crippen molar-refractivity contribution in [1.29, 1.82) is 0 Å². The summed E-state index contributed by atoms with van der Waals surface area (Å²) in [7, 11) is 0. The number of nitrogens with one attached hydrogen (secondary N) is 1. The van der Waals surface area contributed by atoms with Gasteiger partial charge in [0, 0.05) is 6.20 Å². The predicted molar refractivity (Wildman–Crippen MR) is 35.2 cm³/mol. The molecule has 44 valence electrons. The van der Waals surface area contributed by atoms with Crippen molar-refractivity contribution in [3.63, 3.8) is 0 Å². The molecule has 1 heterocycles. The summed E-state index contributed by atoms with van der Waals surface area (Å²) >= 11 is 11.0. The molecule has 4 heteroatoms. The molecule has 0 aromatic rings. The van der Waals surface area contributed by atoms with Crippen LogP contribution in [0.25, 0.3) is 0 Å². The van der Waals surface area contributed by atoms with E-state index in [0.29, 0.717) is 0 Å². The summed E-state index contributed by atoms with van der Waals surface area (Å²) in [4.78, 5) is 3.67. The second kappa shape index (κ2) is 1.96. The van der Waals surface area contributed by atoms with Crippen LogP contribution in [-0.2, 0) is 0 Å². The van der Waals surface area contributed by atoms with E-state index < -0.39 is 4.46 Å². The predicted octanol–water partition coefficient (Wildman–Crippen LogP) is 1.26. The van der Waals surface area contributed by atoms with Crippen molar-refractivity contribution in [2.75, 3.05) is 0 Å². The van der Waals surface area contributed by atoms with Gasteiger partial charge in [-0.3, -0.25) is 0 Å². The molecular weight excluding hydrogens is 147 g/mol. The van der Waals surface area contributed by atoms with Crippen LogP contribution >= 0.6 is 23.2 Å². The molecule has 0 saturated heterocycles. The Balaban J connectivity index is 2.69. The van der Waals surface area contributed by atoms with Crippen molar-refractivity contribution in [2.24, 2.45) is 4.99 Å². The largest absolute Gasteiger partial charge is 0.353 e. The Morgan fingerprint density at radius 3 is 2.50 bits per heavy atom. The Morgan fingerprint density at radius 2 is 2.25 bits per heavy atom. The SMILES string of the molecule is ClC1(Cl)C=CNC=N1. The van der Waals surface area contributed by atoms with Crippen LogP contribution in [0.4, 0.5) is 0 Å². The van der Waals surface area contributed by atoms with Crippen LogP contribution in [0, 0.1) is 0 Å². The zero-order valence-corrected chi connectivity index (χ0v) is 5.45. The number of hydrogen-bond acceptors (Lipinski definition) is 2. The molecule has 8 heavy (non-hydrogen) atoms. The molecule has 1 rings (SSSR count). The first-order chi connectivity index (χ1) is 3.71. The van der Waals surface area contributed by atoms with Crippen LogP contribution in [0.15, 0.2) is 17.3 Å². The van der Waals surface area contributed by atoms with Crippen molar-refractivity contribution in [3.05, 3.63) is 12.3 Å². The second-order valence-electron chi connectivity index (χ2n) is 1.35. The highest BCUT2D eigenvalue weighted by Crippen LogP contribution is 2.24. The molecule has 0 saturated carbocycles. The van der Waals surface area contributed by atoms with E-state index in [0.717, 1.165) is 0 Å². The van der Waals surface area contributed by atoms with Gasteiger partial charge >= 0.3 is 0 Å². The standard InChI is InChI=1S/C4H4Cl2N2/c5-4(6)1-2-7-3-8-4/h1-3H,(H,7,8). The molecule has 1 N–H and O–H groups in total. The monoisotopic (exact) mass is 150 g/mol. The highest BCUT2D eigenvalue weighted by atomic mass is 35.5. The Morgan fingerprint density at radius 1 is 1.50 bits per heavy atom. The second-order valence-corrected chi connectivity index (χ2v) is 2.69.